The predicted molar refractivity (Wildman–Crippen MR) is 67.6 cm³/mol. The molecular formula is C14H21N. The molecule has 0 aromatic heterocycles. The molecule has 15 heavy (non-hydrogen) atoms. The van der Waals surface area contributed by atoms with Crippen LogP contribution in [0.1, 0.15) is 45.1 Å². The van der Waals surface area contributed by atoms with Crippen LogP contribution >= 0.6 is 0 Å². The average molecular weight is 203 g/mol. The van der Waals surface area contributed by atoms with Crippen LogP contribution in [0.4, 0.5) is 0 Å². The fourth-order valence-corrected chi connectivity index (χ4v) is 1.52. The van der Waals surface area contributed by atoms with Crippen molar-refractivity contribution in [3.8, 4) is 0 Å². The zero-order chi connectivity index (χ0) is 10.9. The second-order valence-electron chi connectivity index (χ2n) is 4.03. The van der Waals surface area contributed by atoms with Gasteiger partial charge in [-0.1, -0.05) is 56.5 Å². The molecular weight excluding hydrogens is 182 g/mol. The van der Waals surface area contributed by atoms with Crippen LogP contribution in [0, 0.1) is 0 Å². The van der Waals surface area contributed by atoms with E-state index in [-0.39, 0.29) is 0 Å². The first-order valence-electron chi connectivity index (χ1n) is 5.91. The normalized spacial score (nSPS) is 13.2. The van der Waals surface area contributed by atoms with Gasteiger partial charge in [0.1, 0.15) is 0 Å². The van der Waals surface area contributed by atoms with E-state index in [4.69, 9.17) is 0 Å². The van der Waals surface area contributed by atoms with Crippen LogP contribution in [-0.4, -0.2) is 12.3 Å². The topological polar surface area (TPSA) is 12.4 Å². The van der Waals surface area contributed by atoms with Crippen LogP contribution < -0.4 is 0 Å². The molecule has 0 saturated heterocycles. The molecule has 1 unspecified atom stereocenters. The van der Waals surface area contributed by atoms with Crippen molar-refractivity contribution < 1.29 is 0 Å². The molecule has 1 aromatic carbocycles. The first-order valence-corrected chi connectivity index (χ1v) is 5.91. The van der Waals surface area contributed by atoms with Gasteiger partial charge >= 0.3 is 0 Å². The smallest absolute Gasteiger partial charge is 0.0471 e. The van der Waals surface area contributed by atoms with Gasteiger partial charge < -0.3 is 0 Å². The Balaban J connectivity index is 2.31. The van der Waals surface area contributed by atoms with E-state index in [1.165, 1.54) is 31.2 Å². The summed E-state index contributed by atoms with van der Waals surface area (Å²) in [7, 11) is 0. The Morgan fingerprint density at radius 1 is 1.20 bits per heavy atom. The third kappa shape index (κ3) is 5.36. The fraction of sp³-hybridized carbons (Fsp3) is 0.500. The van der Waals surface area contributed by atoms with Crippen molar-refractivity contribution in [1.29, 1.82) is 0 Å². The summed E-state index contributed by atoms with van der Waals surface area (Å²) >= 11 is 0. The van der Waals surface area contributed by atoms with Crippen molar-refractivity contribution in [2.45, 2.75) is 45.6 Å². The molecule has 0 aliphatic rings. The van der Waals surface area contributed by atoms with E-state index in [1.54, 1.807) is 0 Å². The molecule has 1 aromatic rings. The maximum atomic E-state index is 4.54. The Hall–Kier alpha value is -1.11. The molecule has 82 valence electrons. The molecule has 0 amide bonds. The SMILES string of the molecule is CCCCCC(C)N=Cc1ccccc1. The molecule has 0 N–H and O–H groups in total. The summed E-state index contributed by atoms with van der Waals surface area (Å²) in [4.78, 5) is 4.54. The summed E-state index contributed by atoms with van der Waals surface area (Å²) in [5, 5.41) is 0. The highest BCUT2D eigenvalue weighted by Crippen LogP contribution is 2.06. The van der Waals surface area contributed by atoms with Crippen molar-refractivity contribution in [1.82, 2.24) is 0 Å². The quantitative estimate of drug-likeness (QED) is 0.488. The maximum Gasteiger partial charge on any atom is 0.0471 e. The fourth-order valence-electron chi connectivity index (χ4n) is 1.52. The lowest BCUT2D eigenvalue weighted by molar-refractivity contribution is 0.595. The number of unbranched alkanes of at least 4 members (excludes halogenated alkanes) is 2. The van der Waals surface area contributed by atoms with Gasteiger partial charge in [0.05, 0.1) is 0 Å². The summed E-state index contributed by atoms with van der Waals surface area (Å²) in [6.45, 7) is 4.42. The molecule has 1 atom stereocenters. The van der Waals surface area contributed by atoms with Crippen LogP contribution in [0.15, 0.2) is 35.3 Å². The highest BCUT2D eigenvalue weighted by Gasteiger charge is 1.96. The summed E-state index contributed by atoms with van der Waals surface area (Å²) in [5.41, 5.74) is 1.19. The van der Waals surface area contributed by atoms with E-state index in [0.29, 0.717) is 6.04 Å². The van der Waals surface area contributed by atoms with Crippen LogP contribution in [-0.2, 0) is 0 Å². The van der Waals surface area contributed by atoms with Crippen molar-refractivity contribution in [3.05, 3.63) is 35.9 Å². The number of aliphatic imine (C=N–C) groups is 1. The minimum Gasteiger partial charge on any atom is -0.290 e. The van der Waals surface area contributed by atoms with Crippen LogP contribution in [0.25, 0.3) is 0 Å². The lowest BCUT2D eigenvalue weighted by Crippen LogP contribution is -1.98. The van der Waals surface area contributed by atoms with Crippen molar-refractivity contribution >= 4 is 6.21 Å². The number of rotatable bonds is 6. The minimum atomic E-state index is 0.455. The highest BCUT2D eigenvalue weighted by atomic mass is 14.7. The Morgan fingerprint density at radius 3 is 2.60 bits per heavy atom. The van der Waals surface area contributed by atoms with E-state index in [9.17, 15) is 0 Å². The number of hydrogen-bond acceptors (Lipinski definition) is 1. The Labute approximate surface area is 93.2 Å². The zero-order valence-electron chi connectivity index (χ0n) is 9.82. The van der Waals surface area contributed by atoms with Gasteiger partial charge in [-0.15, -0.1) is 0 Å². The largest absolute Gasteiger partial charge is 0.290 e. The van der Waals surface area contributed by atoms with Gasteiger partial charge in [-0.3, -0.25) is 4.99 Å². The second kappa shape index (κ2) is 7.22. The first-order chi connectivity index (χ1) is 7.33. The van der Waals surface area contributed by atoms with Crippen molar-refractivity contribution in [2.24, 2.45) is 4.99 Å². The zero-order valence-corrected chi connectivity index (χ0v) is 9.82. The third-order valence-corrected chi connectivity index (χ3v) is 2.50. The summed E-state index contributed by atoms with van der Waals surface area (Å²) < 4.78 is 0. The van der Waals surface area contributed by atoms with E-state index in [0.717, 1.165) is 0 Å². The van der Waals surface area contributed by atoms with Gasteiger partial charge in [-0.05, 0) is 18.9 Å². The minimum absolute atomic E-state index is 0.455. The summed E-state index contributed by atoms with van der Waals surface area (Å²) in [6.07, 6.45) is 7.10. The van der Waals surface area contributed by atoms with Gasteiger partial charge in [0.25, 0.3) is 0 Å². The maximum absolute atomic E-state index is 4.54. The summed E-state index contributed by atoms with van der Waals surface area (Å²) in [5.74, 6) is 0. The average Bonchev–Trinajstić information content (AvgIpc) is 2.28. The molecule has 0 bridgehead atoms. The number of benzene rings is 1. The van der Waals surface area contributed by atoms with E-state index in [1.807, 2.05) is 24.4 Å². The number of hydrogen-bond donors (Lipinski definition) is 0. The molecule has 1 heteroatoms. The lowest BCUT2D eigenvalue weighted by Gasteiger charge is -2.04. The lowest BCUT2D eigenvalue weighted by atomic mass is 10.1. The standard InChI is InChI=1S/C14H21N/c1-3-4-6-9-13(2)15-12-14-10-7-5-8-11-14/h5,7-8,10-13H,3-4,6,9H2,1-2H3. The molecule has 0 saturated carbocycles. The van der Waals surface area contributed by atoms with Gasteiger partial charge in [0, 0.05) is 12.3 Å². The van der Waals surface area contributed by atoms with Gasteiger partial charge in [-0.2, -0.15) is 0 Å². The number of nitrogens with zero attached hydrogens (tertiary/aromatic N) is 1. The van der Waals surface area contributed by atoms with E-state index in [2.05, 4.69) is 31.0 Å². The summed E-state index contributed by atoms with van der Waals surface area (Å²) in [6, 6.07) is 10.7. The monoisotopic (exact) mass is 203 g/mol. The highest BCUT2D eigenvalue weighted by molar-refractivity contribution is 5.79. The second-order valence-corrected chi connectivity index (χ2v) is 4.03. The van der Waals surface area contributed by atoms with Crippen LogP contribution in [0.3, 0.4) is 0 Å². The molecule has 0 radical (unpaired) electrons. The van der Waals surface area contributed by atoms with Crippen LogP contribution in [0.5, 0.6) is 0 Å². The van der Waals surface area contributed by atoms with Crippen LogP contribution in [0.2, 0.25) is 0 Å². The van der Waals surface area contributed by atoms with E-state index >= 15 is 0 Å². The Kier molecular flexibility index (Phi) is 5.76. The van der Waals surface area contributed by atoms with Crippen molar-refractivity contribution in [3.63, 3.8) is 0 Å². The molecule has 1 rings (SSSR count). The van der Waals surface area contributed by atoms with E-state index < -0.39 is 0 Å². The molecule has 0 aliphatic heterocycles. The first kappa shape index (κ1) is 12.0. The Bertz CT molecular complexity index is 277. The van der Waals surface area contributed by atoms with Crippen molar-refractivity contribution in [2.75, 3.05) is 0 Å². The molecule has 0 aliphatic carbocycles. The molecule has 1 nitrogen and oxygen atoms in total. The van der Waals surface area contributed by atoms with Gasteiger partial charge in [0.15, 0.2) is 0 Å². The van der Waals surface area contributed by atoms with Gasteiger partial charge in [0.2, 0.25) is 0 Å². The predicted octanol–water partition coefficient (Wildman–Crippen LogP) is 4.07. The van der Waals surface area contributed by atoms with Gasteiger partial charge in [-0.25, -0.2) is 0 Å². The molecule has 0 heterocycles. The molecule has 0 fully saturated rings. The third-order valence-electron chi connectivity index (χ3n) is 2.50. The Morgan fingerprint density at radius 2 is 1.93 bits per heavy atom. The molecule has 0 spiro atoms.